The second-order valence-corrected chi connectivity index (χ2v) is 5.68. The minimum absolute atomic E-state index is 0.153. The fourth-order valence-electron chi connectivity index (χ4n) is 2.12. The normalized spacial score (nSPS) is 12.0. The molecule has 3 nitrogen and oxygen atoms in total. The zero-order chi connectivity index (χ0) is 16.8. The van der Waals surface area contributed by atoms with E-state index in [0.717, 1.165) is 17.7 Å². The van der Waals surface area contributed by atoms with Crippen molar-refractivity contribution in [1.82, 2.24) is 5.32 Å². The van der Waals surface area contributed by atoms with Crippen molar-refractivity contribution in [3.63, 3.8) is 0 Å². The zero-order valence-corrected chi connectivity index (χ0v) is 13.4. The molecule has 0 aliphatic carbocycles. The number of halogens is 3. The molecule has 122 valence electrons. The molecule has 2 aromatic carbocycles. The predicted octanol–water partition coefficient (Wildman–Crippen LogP) is 2.56. The van der Waals surface area contributed by atoms with E-state index < -0.39 is 11.6 Å². The second kappa shape index (κ2) is 8.04. The summed E-state index contributed by atoms with van der Waals surface area (Å²) in [6, 6.07) is 10.9. The van der Waals surface area contributed by atoms with Crippen LogP contribution in [0.1, 0.15) is 24.1 Å². The summed E-state index contributed by atoms with van der Waals surface area (Å²) in [6.45, 7) is 2.37. The molecule has 0 bridgehead atoms. The Labute approximate surface area is 138 Å². The number of rotatable bonds is 6. The van der Waals surface area contributed by atoms with Crippen LogP contribution in [0.15, 0.2) is 42.5 Å². The highest BCUT2D eigenvalue weighted by atomic mass is 35.5. The van der Waals surface area contributed by atoms with Crippen LogP contribution in [0.25, 0.3) is 0 Å². The summed E-state index contributed by atoms with van der Waals surface area (Å²) in [5.41, 5.74) is 1.47. The molecule has 0 aliphatic rings. The number of carbonyl (C=O) groups is 1. The molecule has 0 radical (unpaired) electrons. The quantitative estimate of drug-likeness (QED) is 0.834. The number of nitrogens with two attached hydrogens (primary N) is 1. The summed E-state index contributed by atoms with van der Waals surface area (Å²) in [5.74, 6) is -1.91. The van der Waals surface area contributed by atoms with Gasteiger partial charge in [0.15, 0.2) is 18.2 Å². The summed E-state index contributed by atoms with van der Waals surface area (Å²) in [6.07, 6.45) is 0. The van der Waals surface area contributed by atoms with E-state index in [-0.39, 0.29) is 18.5 Å². The molecular weight excluding hydrogens is 322 g/mol. The molecule has 3 N–H and O–H groups in total. The van der Waals surface area contributed by atoms with Gasteiger partial charge in [0.1, 0.15) is 6.04 Å². The molecule has 0 fully saturated rings. The number of amides is 1. The predicted molar refractivity (Wildman–Crippen MR) is 84.9 cm³/mol. The van der Waals surface area contributed by atoms with E-state index in [1.165, 1.54) is 6.07 Å². The van der Waals surface area contributed by atoms with E-state index >= 15 is 0 Å². The summed E-state index contributed by atoms with van der Waals surface area (Å²) < 4.78 is 26.1. The molecule has 6 heteroatoms. The molecule has 0 unspecified atom stereocenters. The highest BCUT2D eigenvalue weighted by molar-refractivity contribution is 6.31. The van der Waals surface area contributed by atoms with Gasteiger partial charge in [-0.3, -0.25) is 4.79 Å². The fourth-order valence-corrected chi connectivity index (χ4v) is 2.33. The maximum absolute atomic E-state index is 13.2. The van der Waals surface area contributed by atoms with E-state index in [1.54, 1.807) is 11.4 Å². The van der Waals surface area contributed by atoms with Gasteiger partial charge in [0.25, 0.3) is 5.91 Å². The van der Waals surface area contributed by atoms with Gasteiger partial charge >= 0.3 is 0 Å². The van der Waals surface area contributed by atoms with Crippen molar-refractivity contribution in [2.45, 2.75) is 19.5 Å². The van der Waals surface area contributed by atoms with E-state index in [0.29, 0.717) is 17.1 Å². The van der Waals surface area contributed by atoms with Crippen molar-refractivity contribution in [1.29, 1.82) is 0 Å². The number of carbonyl (C=O) groups excluding carboxylic acids is 1. The lowest BCUT2D eigenvalue weighted by Gasteiger charge is -2.12. The van der Waals surface area contributed by atoms with Crippen molar-refractivity contribution in [2.24, 2.45) is 0 Å². The molecule has 0 saturated heterocycles. The van der Waals surface area contributed by atoms with Crippen LogP contribution >= 0.6 is 11.6 Å². The molecule has 0 spiro atoms. The topological polar surface area (TPSA) is 45.7 Å². The van der Waals surface area contributed by atoms with Gasteiger partial charge in [-0.1, -0.05) is 29.8 Å². The first kappa shape index (κ1) is 17.4. The number of quaternary nitrogens is 1. The Morgan fingerprint density at radius 1 is 1.22 bits per heavy atom. The SMILES string of the molecule is C[C@@H]([NH2+]CC(=O)NCc1ccccc1Cl)c1ccc(F)c(F)c1. The Morgan fingerprint density at radius 3 is 2.65 bits per heavy atom. The van der Waals surface area contributed by atoms with Crippen LogP contribution in [0.4, 0.5) is 8.78 Å². The van der Waals surface area contributed by atoms with Crippen LogP contribution in [0.3, 0.4) is 0 Å². The first-order valence-corrected chi connectivity index (χ1v) is 7.63. The van der Waals surface area contributed by atoms with Gasteiger partial charge in [-0.25, -0.2) is 8.78 Å². The Kier molecular flexibility index (Phi) is 6.07. The molecule has 0 aromatic heterocycles. The molecule has 0 heterocycles. The Morgan fingerprint density at radius 2 is 1.96 bits per heavy atom. The highest BCUT2D eigenvalue weighted by Gasteiger charge is 2.13. The van der Waals surface area contributed by atoms with E-state index in [2.05, 4.69) is 5.32 Å². The van der Waals surface area contributed by atoms with Crippen LogP contribution in [0.5, 0.6) is 0 Å². The van der Waals surface area contributed by atoms with Gasteiger partial charge in [0, 0.05) is 17.1 Å². The molecular formula is C17H18ClF2N2O+. The smallest absolute Gasteiger partial charge is 0.275 e. The van der Waals surface area contributed by atoms with Crippen LogP contribution in [-0.4, -0.2) is 12.5 Å². The summed E-state index contributed by atoms with van der Waals surface area (Å²) in [4.78, 5) is 11.9. The summed E-state index contributed by atoms with van der Waals surface area (Å²) in [7, 11) is 0. The van der Waals surface area contributed by atoms with Crippen LogP contribution in [-0.2, 0) is 11.3 Å². The molecule has 2 aromatic rings. The Balaban J connectivity index is 1.82. The second-order valence-electron chi connectivity index (χ2n) is 5.27. The van der Waals surface area contributed by atoms with Gasteiger partial charge in [-0.15, -0.1) is 0 Å². The third-order valence-corrected chi connectivity index (χ3v) is 3.93. The van der Waals surface area contributed by atoms with Crippen LogP contribution in [0, 0.1) is 11.6 Å². The third-order valence-electron chi connectivity index (χ3n) is 3.56. The fraction of sp³-hybridized carbons (Fsp3) is 0.235. The average molecular weight is 340 g/mol. The number of benzene rings is 2. The maximum atomic E-state index is 13.2. The molecule has 0 saturated carbocycles. The zero-order valence-electron chi connectivity index (χ0n) is 12.7. The lowest BCUT2D eigenvalue weighted by molar-refractivity contribution is -0.682. The standard InChI is InChI=1S/C17H17ClF2N2O/c1-11(12-6-7-15(19)16(20)8-12)21-10-17(23)22-9-13-4-2-3-5-14(13)18/h2-8,11,21H,9-10H2,1H3,(H,22,23)/p+1/t11-/m1/s1. The maximum Gasteiger partial charge on any atom is 0.275 e. The van der Waals surface area contributed by atoms with Gasteiger partial charge < -0.3 is 10.6 Å². The van der Waals surface area contributed by atoms with E-state index in [9.17, 15) is 13.6 Å². The van der Waals surface area contributed by atoms with Gasteiger partial charge in [0.2, 0.25) is 0 Å². The first-order valence-electron chi connectivity index (χ1n) is 7.25. The average Bonchev–Trinajstić information content (AvgIpc) is 2.54. The van der Waals surface area contributed by atoms with Crippen LogP contribution in [0.2, 0.25) is 5.02 Å². The highest BCUT2D eigenvalue weighted by Crippen LogP contribution is 2.14. The van der Waals surface area contributed by atoms with Crippen molar-refractivity contribution in [3.05, 3.63) is 70.2 Å². The van der Waals surface area contributed by atoms with Crippen LogP contribution < -0.4 is 10.6 Å². The molecule has 0 aliphatic heterocycles. The Hall–Kier alpha value is -1.98. The monoisotopic (exact) mass is 339 g/mol. The van der Waals surface area contributed by atoms with Crippen molar-refractivity contribution in [2.75, 3.05) is 6.54 Å². The minimum Gasteiger partial charge on any atom is -0.347 e. The molecule has 1 amide bonds. The minimum atomic E-state index is -0.883. The summed E-state index contributed by atoms with van der Waals surface area (Å²) in [5, 5.41) is 5.14. The van der Waals surface area contributed by atoms with Gasteiger partial charge in [-0.2, -0.15) is 0 Å². The third kappa shape index (κ3) is 5.01. The van der Waals surface area contributed by atoms with E-state index in [4.69, 9.17) is 11.6 Å². The molecule has 2 rings (SSSR count). The molecule has 1 atom stereocenters. The van der Waals surface area contributed by atoms with Crippen molar-refractivity contribution in [3.8, 4) is 0 Å². The van der Waals surface area contributed by atoms with Gasteiger partial charge in [0.05, 0.1) is 0 Å². The van der Waals surface area contributed by atoms with Crippen molar-refractivity contribution >= 4 is 17.5 Å². The number of hydrogen-bond donors (Lipinski definition) is 2. The van der Waals surface area contributed by atoms with Crippen molar-refractivity contribution < 1.29 is 18.9 Å². The number of hydrogen-bond acceptors (Lipinski definition) is 1. The van der Waals surface area contributed by atoms with E-state index in [1.807, 2.05) is 25.1 Å². The Bertz CT molecular complexity index is 694. The largest absolute Gasteiger partial charge is 0.347 e. The molecule has 23 heavy (non-hydrogen) atoms. The number of nitrogens with one attached hydrogen (secondary N) is 1. The first-order chi connectivity index (χ1) is 11.0. The lowest BCUT2D eigenvalue weighted by atomic mass is 10.1. The lowest BCUT2D eigenvalue weighted by Crippen LogP contribution is -2.87. The van der Waals surface area contributed by atoms with Gasteiger partial charge in [-0.05, 0) is 36.8 Å². The summed E-state index contributed by atoms with van der Waals surface area (Å²) >= 11 is 6.02.